The first kappa shape index (κ1) is 27.9. The van der Waals surface area contributed by atoms with Gasteiger partial charge in [0.05, 0.1) is 9.82 Å². The summed E-state index contributed by atoms with van der Waals surface area (Å²) in [6, 6.07) is 18.5. The SMILES string of the molecule is Cc1cnc(NS(=O)(=O)c2ccc(NC(=O)C(Cc3ccccc3)NC(=O)c3ccc([N+](=O)[O-])cc3)cc2)nc1. The Labute approximate surface area is 229 Å². The van der Waals surface area contributed by atoms with Gasteiger partial charge in [-0.1, -0.05) is 30.3 Å². The Morgan fingerprint density at radius 3 is 2.15 bits per heavy atom. The van der Waals surface area contributed by atoms with Crippen molar-refractivity contribution < 1.29 is 22.9 Å². The highest BCUT2D eigenvalue weighted by atomic mass is 32.2. The Balaban J connectivity index is 1.48. The van der Waals surface area contributed by atoms with Gasteiger partial charge in [0.2, 0.25) is 11.9 Å². The maximum absolute atomic E-state index is 13.2. The molecule has 1 atom stereocenters. The number of non-ortho nitro benzene ring substituents is 1. The van der Waals surface area contributed by atoms with Crippen molar-refractivity contribution in [1.82, 2.24) is 15.3 Å². The minimum Gasteiger partial charge on any atom is -0.340 e. The molecule has 0 aliphatic rings. The van der Waals surface area contributed by atoms with Crippen molar-refractivity contribution in [3.05, 3.63) is 118 Å². The van der Waals surface area contributed by atoms with Gasteiger partial charge in [-0.05, 0) is 54.4 Å². The van der Waals surface area contributed by atoms with E-state index in [0.29, 0.717) is 5.69 Å². The van der Waals surface area contributed by atoms with Gasteiger partial charge in [-0.15, -0.1) is 0 Å². The van der Waals surface area contributed by atoms with Crippen LogP contribution in [-0.2, 0) is 21.2 Å². The summed E-state index contributed by atoms with van der Waals surface area (Å²) in [4.78, 5) is 44.2. The molecule has 40 heavy (non-hydrogen) atoms. The quantitative estimate of drug-likeness (QED) is 0.195. The number of nitro benzene ring substituents is 1. The summed E-state index contributed by atoms with van der Waals surface area (Å²) in [7, 11) is -3.97. The number of hydrogen-bond acceptors (Lipinski definition) is 8. The fourth-order valence-corrected chi connectivity index (χ4v) is 4.56. The summed E-state index contributed by atoms with van der Waals surface area (Å²) in [5, 5.41) is 16.3. The molecular formula is C27H24N6O6S. The first-order chi connectivity index (χ1) is 19.1. The number of carbonyl (C=O) groups excluding carboxylic acids is 2. The number of carbonyl (C=O) groups is 2. The van der Waals surface area contributed by atoms with Crippen molar-refractivity contribution in [1.29, 1.82) is 0 Å². The van der Waals surface area contributed by atoms with E-state index in [2.05, 4.69) is 25.3 Å². The number of rotatable bonds is 10. The lowest BCUT2D eigenvalue weighted by Crippen LogP contribution is -2.45. The van der Waals surface area contributed by atoms with Crippen molar-refractivity contribution in [2.75, 3.05) is 10.0 Å². The van der Waals surface area contributed by atoms with Crippen LogP contribution in [0.25, 0.3) is 0 Å². The fraction of sp³-hybridized carbons (Fsp3) is 0.111. The van der Waals surface area contributed by atoms with Gasteiger partial charge in [0.15, 0.2) is 0 Å². The minimum atomic E-state index is -3.97. The molecule has 0 radical (unpaired) electrons. The van der Waals surface area contributed by atoms with Gasteiger partial charge in [0.1, 0.15) is 6.04 Å². The van der Waals surface area contributed by atoms with E-state index >= 15 is 0 Å². The molecule has 0 saturated carbocycles. The predicted molar refractivity (Wildman–Crippen MR) is 147 cm³/mol. The molecule has 12 nitrogen and oxygen atoms in total. The molecule has 13 heteroatoms. The average Bonchev–Trinajstić information content (AvgIpc) is 2.94. The highest BCUT2D eigenvalue weighted by molar-refractivity contribution is 7.92. The summed E-state index contributed by atoms with van der Waals surface area (Å²) < 4.78 is 27.7. The van der Waals surface area contributed by atoms with Crippen molar-refractivity contribution in [3.63, 3.8) is 0 Å². The molecule has 3 aromatic carbocycles. The summed E-state index contributed by atoms with van der Waals surface area (Å²) in [5.41, 5.74) is 1.85. The lowest BCUT2D eigenvalue weighted by atomic mass is 10.0. The van der Waals surface area contributed by atoms with Crippen LogP contribution in [0.3, 0.4) is 0 Å². The second-order valence-corrected chi connectivity index (χ2v) is 10.4. The standard InChI is InChI=1S/C27H24N6O6S/c1-18-16-28-27(29-17-18)32-40(38,39)23-13-9-21(10-14-23)30-26(35)24(15-19-5-3-2-4-6-19)31-25(34)20-7-11-22(12-8-20)33(36)37/h2-14,16-17,24H,15H2,1H3,(H,30,35)(H,31,34)(H,28,29,32). The maximum Gasteiger partial charge on any atom is 0.269 e. The van der Waals surface area contributed by atoms with Crippen LogP contribution in [0.2, 0.25) is 0 Å². The summed E-state index contributed by atoms with van der Waals surface area (Å²) in [5.74, 6) is -1.20. The fourth-order valence-electron chi connectivity index (χ4n) is 3.61. The summed E-state index contributed by atoms with van der Waals surface area (Å²) >= 11 is 0. The molecular weight excluding hydrogens is 536 g/mol. The first-order valence-corrected chi connectivity index (χ1v) is 13.4. The summed E-state index contributed by atoms with van der Waals surface area (Å²) in [6.45, 7) is 1.77. The Kier molecular flexibility index (Phi) is 8.45. The van der Waals surface area contributed by atoms with Gasteiger partial charge in [0.25, 0.3) is 21.6 Å². The Morgan fingerprint density at radius 1 is 0.925 bits per heavy atom. The normalized spacial score (nSPS) is 11.7. The number of hydrogen-bond donors (Lipinski definition) is 3. The summed E-state index contributed by atoms with van der Waals surface area (Å²) in [6.07, 6.45) is 3.13. The Hall–Kier alpha value is -5.17. The number of aromatic nitrogens is 2. The number of amides is 2. The molecule has 0 fully saturated rings. The highest BCUT2D eigenvalue weighted by Crippen LogP contribution is 2.18. The number of anilines is 2. The van der Waals surface area contributed by atoms with Gasteiger partial charge >= 0.3 is 0 Å². The number of nitro groups is 1. The van der Waals surface area contributed by atoms with E-state index in [0.717, 1.165) is 11.1 Å². The molecule has 0 aliphatic heterocycles. The second-order valence-electron chi connectivity index (χ2n) is 8.72. The van der Waals surface area contributed by atoms with Crippen LogP contribution in [0.4, 0.5) is 17.3 Å². The molecule has 1 aromatic heterocycles. The van der Waals surface area contributed by atoms with Gasteiger partial charge in [-0.25, -0.2) is 23.1 Å². The van der Waals surface area contributed by atoms with E-state index < -0.39 is 32.8 Å². The van der Waals surface area contributed by atoms with Crippen molar-refractivity contribution >= 4 is 39.2 Å². The molecule has 1 unspecified atom stereocenters. The molecule has 0 bridgehead atoms. The Bertz CT molecular complexity index is 1610. The third-order valence-electron chi connectivity index (χ3n) is 5.68. The zero-order valence-corrected chi connectivity index (χ0v) is 22.0. The lowest BCUT2D eigenvalue weighted by molar-refractivity contribution is -0.384. The zero-order valence-electron chi connectivity index (χ0n) is 21.1. The van der Waals surface area contributed by atoms with Crippen molar-refractivity contribution in [3.8, 4) is 0 Å². The smallest absolute Gasteiger partial charge is 0.269 e. The van der Waals surface area contributed by atoms with Gasteiger partial charge in [-0.2, -0.15) is 0 Å². The molecule has 204 valence electrons. The molecule has 4 aromatic rings. The van der Waals surface area contributed by atoms with E-state index in [9.17, 15) is 28.1 Å². The lowest BCUT2D eigenvalue weighted by Gasteiger charge is -2.19. The van der Waals surface area contributed by atoms with Crippen LogP contribution in [0.1, 0.15) is 21.5 Å². The van der Waals surface area contributed by atoms with Crippen LogP contribution in [-0.4, -0.2) is 41.2 Å². The minimum absolute atomic E-state index is 0.0676. The van der Waals surface area contributed by atoms with Crippen LogP contribution >= 0.6 is 0 Å². The van der Waals surface area contributed by atoms with Gasteiger partial charge < -0.3 is 10.6 Å². The highest BCUT2D eigenvalue weighted by Gasteiger charge is 2.23. The van der Waals surface area contributed by atoms with Crippen LogP contribution in [0.15, 0.2) is 96.2 Å². The second kappa shape index (κ2) is 12.1. The van der Waals surface area contributed by atoms with E-state index in [4.69, 9.17) is 0 Å². The molecule has 0 spiro atoms. The van der Waals surface area contributed by atoms with Crippen LogP contribution < -0.4 is 15.4 Å². The zero-order chi connectivity index (χ0) is 28.7. The first-order valence-electron chi connectivity index (χ1n) is 11.9. The topological polar surface area (TPSA) is 173 Å². The Morgan fingerprint density at radius 2 is 1.55 bits per heavy atom. The largest absolute Gasteiger partial charge is 0.340 e. The van der Waals surface area contributed by atoms with Gasteiger partial charge in [-0.3, -0.25) is 19.7 Å². The molecule has 0 saturated heterocycles. The van der Waals surface area contributed by atoms with E-state index in [1.807, 2.05) is 18.2 Å². The van der Waals surface area contributed by atoms with E-state index in [1.54, 1.807) is 19.1 Å². The third-order valence-corrected chi connectivity index (χ3v) is 7.03. The third kappa shape index (κ3) is 7.23. The molecule has 1 heterocycles. The molecule has 2 amide bonds. The monoisotopic (exact) mass is 560 g/mol. The van der Waals surface area contributed by atoms with Crippen LogP contribution in [0, 0.1) is 17.0 Å². The van der Waals surface area contributed by atoms with Crippen molar-refractivity contribution in [2.45, 2.75) is 24.3 Å². The van der Waals surface area contributed by atoms with E-state index in [-0.39, 0.29) is 28.5 Å². The average molecular weight is 561 g/mol. The van der Waals surface area contributed by atoms with Crippen LogP contribution in [0.5, 0.6) is 0 Å². The number of benzene rings is 3. The maximum atomic E-state index is 13.2. The number of sulfonamides is 1. The number of aryl methyl sites for hydroxylation is 1. The molecule has 0 aliphatic carbocycles. The molecule has 3 N–H and O–H groups in total. The van der Waals surface area contributed by atoms with Crippen molar-refractivity contribution in [2.24, 2.45) is 0 Å². The van der Waals surface area contributed by atoms with Gasteiger partial charge in [0, 0.05) is 42.2 Å². The number of nitrogens with zero attached hydrogens (tertiary/aromatic N) is 3. The van der Waals surface area contributed by atoms with E-state index in [1.165, 1.54) is 60.9 Å². The predicted octanol–water partition coefficient (Wildman–Crippen LogP) is 3.47. The number of nitrogens with one attached hydrogen (secondary N) is 3. The molecule has 4 rings (SSSR count).